The number of amides is 2. The van der Waals surface area contributed by atoms with Crippen LogP contribution in [0.4, 0.5) is 10.7 Å². The zero-order valence-electron chi connectivity index (χ0n) is 15.9. The van der Waals surface area contributed by atoms with E-state index in [4.69, 9.17) is 23.2 Å². The first kappa shape index (κ1) is 21.6. The molecular formula is C19H23Cl2N5O3. The largest absolute Gasteiger partial charge is 0.394 e. The van der Waals surface area contributed by atoms with Crippen molar-refractivity contribution in [3.63, 3.8) is 0 Å². The van der Waals surface area contributed by atoms with Crippen molar-refractivity contribution in [2.75, 3.05) is 25.1 Å². The van der Waals surface area contributed by atoms with E-state index in [1.165, 1.54) is 0 Å². The molecule has 0 saturated heterocycles. The van der Waals surface area contributed by atoms with Crippen LogP contribution in [0.15, 0.2) is 24.4 Å². The van der Waals surface area contributed by atoms with E-state index >= 15 is 0 Å². The standard InChI is InChI=1S/C19H23Cl2N5O3/c1-11(12-2-3-15(20)16(21)6-12)23-19(29)26-5-4-13-7-22-18(25-17(13)8-26)24-14(9-27)10-28/h2-3,6-7,11,14,27-28H,4-5,8-10H2,1H3,(H,23,29)(H,22,24,25)/t11-/m1/s1. The topological polar surface area (TPSA) is 111 Å². The van der Waals surface area contributed by atoms with Crippen LogP contribution in [0.2, 0.25) is 10.0 Å². The van der Waals surface area contributed by atoms with E-state index in [1.807, 2.05) is 13.0 Å². The Bertz CT molecular complexity index is 879. The molecule has 0 spiro atoms. The number of aliphatic hydroxyl groups is 2. The Kier molecular flexibility index (Phi) is 7.13. The Balaban J connectivity index is 1.66. The number of aliphatic hydroxyl groups excluding tert-OH is 2. The third-order valence-corrected chi connectivity index (χ3v) is 5.53. The summed E-state index contributed by atoms with van der Waals surface area (Å²) in [6.07, 6.45) is 2.36. The number of carbonyl (C=O) groups excluding carboxylic acids is 1. The quantitative estimate of drug-likeness (QED) is 0.549. The number of rotatable bonds is 6. The maximum Gasteiger partial charge on any atom is 0.318 e. The lowest BCUT2D eigenvalue weighted by Gasteiger charge is -2.29. The van der Waals surface area contributed by atoms with Gasteiger partial charge in [0.25, 0.3) is 0 Å². The normalized spacial score (nSPS) is 14.5. The molecule has 1 aliphatic heterocycles. The van der Waals surface area contributed by atoms with Gasteiger partial charge in [-0.25, -0.2) is 14.8 Å². The summed E-state index contributed by atoms with van der Waals surface area (Å²) < 4.78 is 0. The summed E-state index contributed by atoms with van der Waals surface area (Å²) in [5, 5.41) is 25.1. The molecule has 4 N–H and O–H groups in total. The van der Waals surface area contributed by atoms with Crippen molar-refractivity contribution >= 4 is 35.2 Å². The third-order valence-electron chi connectivity index (χ3n) is 4.79. The summed E-state index contributed by atoms with van der Waals surface area (Å²) in [5.41, 5.74) is 2.57. The number of nitrogens with zero attached hydrogens (tertiary/aromatic N) is 3. The molecule has 1 aromatic heterocycles. The molecule has 0 aliphatic carbocycles. The minimum absolute atomic E-state index is 0.203. The van der Waals surface area contributed by atoms with Crippen molar-refractivity contribution in [2.45, 2.75) is 32.0 Å². The molecule has 1 aliphatic rings. The van der Waals surface area contributed by atoms with Crippen LogP contribution in [0.25, 0.3) is 0 Å². The second-order valence-corrected chi connectivity index (χ2v) is 7.70. The zero-order valence-corrected chi connectivity index (χ0v) is 17.4. The minimum atomic E-state index is -0.539. The summed E-state index contributed by atoms with van der Waals surface area (Å²) in [4.78, 5) is 23.1. The first-order valence-corrected chi connectivity index (χ1v) is 10.00. The van der Waals surface area contributed by atoms with Gasteiger partial charge in [-0.05, 0) is 36.6 Å². The number of nitrogens with one attached hydrogen (secondary N) is 2. The van der Waals surface area contributed by atoms with E-state index in [2.05, 4.69) is 20.6 Å². The molecule has 29 heavy (non-hydrogen) atoms. The van der Waals surface area contributed by atoms with Crippen molar-refractivity contribution in [3.8, 4) is 0 Å². The monoisotopic (exact) mass is 439 g/mol. The maximum atomic E-state index is 12.7. The molecule has 2 heterocycles. The lowest BCUT2D eigenvalue weighted by molar-refractivity contribution is 0.188. The highest BCUT2D eigenvalue weighted by Crippen LogP contribution is 2.26. The van der Waals surface area contributed by atoms with Crippen molar-refractivity contribution in [3.05, 3.63) is 51.3 Å². The van der Waals surface area contributed by atoms with Crippen LogP contribution in [-0.4, -0.2) is 56.9 Å². The highest BCUT2D eigenvalue weighted by atomic mass is 35.5. The Morgan fingerprint density at radius 2 is 2.03 bits per heavy atom. The van der Waals surface area contributed by atoms with Crippen molar-refractivity contribution in [1.29, 1.82) is 0 Å². The molecule has 1 aromatic carbocycles. The second-order valence-electron chi connectivity index (χ2n) is 6.89. The summed E-state index contributed by atoms with van der Waals surface area (Å²) in [6, 6.07) is 4.29. The second kappa shape index (κ2) is 9.58. The molecule has 2 amide bonds. The van der Waals surface area contributed by atoms with Gasteiger partial charge in [-0.15, -0.1) is 0 Å². The van der Waals surface area contributed by atoms with Crippen LogP contribution in [0.3, 0.4) is 0 Å². The van der Waals surface area contributed by atoms with Gasteiger partial charge in [-0.3, -0.25) is 0 Å². The first-order chi connectivity index (χ1) is 13.9. The average Bonchev–Trinajstić information content (AvgIpc) is 2.73. The Hall–Kier alpha value is -2.13. The van der Waals surface area contributed by atoms with E-state index < -0.39 is 6.04 Å². The van der Waals surface area contributed by atoms with Gasteiger partial charge in [0.15, 0.2) is 0 Å². The molecule has 0 bridgehead atoms. The smallest absolute Gasteiger partial charge is 0.318 e. The SMILES string of the molecule is C[C@@H](NC(=O)N1CCc2cnc(NC(CO)CO)nc2C1)c1ccc(Cl)c(Cl)c1. The van der Waals surface area contributed by atoms with Crippen molar-refractivity contribution < 1.29 is 15.0 Å². The number of hydrogen-bond acceptors (Lipinski definition) is 6. The van der Waals surface area contributed by atoms with Crippen molar-refractivity contribution in [2.24, 2.45) is 0 Å². The molecule has 156 valence electrons. The Labute approximate surface area is 178 Å². The minimum Gasteiger partial charge on any atom is -0.394 e. The lowest BCUT2D eigenvalue weighted by atomic mass is 10.1. The van der Waals surface area contributed by atoms with Gasteiger partial charge in [0, 0.05) is 12.7 Å². The predicted molar refractivity (Wildman–Crippen MR) is 111 cm³/mol. The molecule has 0 radical (unpaired) electrons. The number of halogens is 2. The van der Waals surface area contributed by atoms with E-state index in [1.54, 1.807) is 23.2 Å². The zero-order chi connectivity index (χ0) is 21.0. The van der Waals surface area contributed by atoms with Gasteiger partial charge in [-0.1, -0.05) is 29.3 Å². The molecule has 2 aromatic rings. The van der Waals surface area contributed by atoms with Crippen molar-refractivity contribution in [1.82, 2.24) is 20.2 Å². The number of anilines is 1. The predicted octanol–water partition coefficient (Wildman–Crippen LogP) is 2.38. The Morgan fingerprint density at radius 3 is 2.72 bits per heavy atom. The number of benzene rings is 1. The summed E-state index contributed by atoms with van der Waals surface area (Å²) in [5.74, 6) is 0.309. The van der Waals surface area contributed by atoms with Gasteiger partial charge < -0.3 is 25.7 Å². The molecule has 3 rings (SSSR count). The summed E-state index contributed by atoms with van der Waals surface area (Å²) >= 11 is 12.0. The first-order valence-electron chi connectivity index (χ1n) is 9.24. The fraction of sp³-hybridized carbons (Fsp3) is 0.421. The van der Waals surface area contributed by atoms with E-state index in [0.29, 0.717) is 35.5 Å². The third kappa shape index (κ3) is 5.27. The molecule has 1 atom stereocenters. The summed E-state index contributed by atoms with van der Waals surface area (Å²) in [6.45, 7) is 2.30. The van der Waals surface area contributed by atoms with Crippen LogP contribution < -0.4 is 10.6 Å². The van der Waals surface area contributed by atoms with E-state index in [0.717, 1.165) is 16.8 Å². The highest BCUT2D eigenvalue weighted by molar-refractivity contribution is 6.42. The van der Waals surface area contributed by atoms with Gasteiger partial charge in [0.1, 0.15) is 0 Å². The Morgan fingerprint density at radius 1 is 1.28 bits per heavy atom. The lowest BCUT2D eigenvalue weighted by Crippen LogP contribution is -2.44. The van der Waals surface area contributed by atoms with Gasteiger partial charge in [0.2, 0.25) is 5.95 Å². The summed E-state index contributed by atoms with van der Waals surface area (Å²) in [7, 11) is 0. The van der Waals surface area contributed by atoms with Crippen LogP contribution in [-0.2, 0) is 13.0 Å². The number of aromatic nitrogens is 2. The molecule has 8 nitrogen and oxygen atoms in total. The fourth-order valence-electron chi connectivity index (χ4n) is 3.02. The fourth-order valence-corrected chi connectivity index (χ4v) is 3.33. The van der Waals surface area contributed by atoms with Gasteiger partial charge in [-0.2, -0.15) is 0 Å². The van der Waals surface area contributed by atoms with Crippen LogP contribution in [0, 0.1) is 0 Å². The van der Waals surface area contributed by atoms with Crippen LogP contribution in [0.5, 0.6) is 0 Å². The maximum absolute atomic E-state index is 12.7. The number of fused-ring (bicyclic) bond motifs is 1. The molecule has 10 heteroatoms. The number of carbonyl (C=O) groups is 1. The average molecular weight is 440 g/mol. The molecule has 0 saturated carbocycles. The number of hydrogen-bond donors (Lipinski definition) is 4. The van der Waals surface area contributed by atoms with Crippen LogP contribution in [0.1, 0.15) is 29.8 Å². The number of urea groups is 1. The van der Waals surface area contributed by atoms with Crippen LogP contribution >= 0.6 is 23.2 Å². The van der Waals surface area contributed by atoms with Gasteiger partial charge in [0.05, 0.1) is 47.6 Å². The van der Waals surface area contributed by atoms with Gasteiger partial charge >= 0.3 is 6.03 Å². The molecule has 0 fully saturated rings. The van der Waals surface area contributed by atoms with E-state index in [-0.39, 0.29) is 25.3 Å². The highest BCUT2D eigenvalue weighted by Gasteiger charge is 2.24. The van der Waals surface area contributed by atoms with E-state index in [9.17, 15) is 15.0 Å². The molecular weight excluding hydrogens is 417 g/mol. The molecule has 0 unspecified atom stereocenters.